The normalized spacial score (nSPS) is 15.8. The first-order chi connectivity index (χ1) is 14.1. The van der Waals surface area contributed by atoms with Gasteiger partial charge in [-0.3, -0.25) is 0 Å². The summed E-state index contributed by atoms with van der Waals surface area (Å²) >= 11 is 0. The molecular formula is C23H30N6. The molecule has 6 nitrogen and oxygen atoms in total. The molecule has 152 valence electrons. The Morgan fingerprint density at radius 3 is 2.24 bits per heavy atom. The van der Waals surface area contributed by atoms with Crippen molar-refractivity contribution in [3.05, 3.63) is 47.4 Å². The molecular weight excluding hydrogens is 360 g/mol. The molecule has 0 saturated heterocycles. The van der Waals surface area contributed by atoms with Gasteiger partial charge in [0.05, 0.1) is 11.8 Å². The molecule has 0 unspecified atom stereocenters. The summed E-state index contributed by atoms with van der Waals surface area (Å²) in [5.41, 5.74) is 9.10. The average Bonchev–Trinajstić information content (AvgIpc) is 3.66. The smallest absolute Gasteiger partial charge is 0.164 e. The standard InChI is InChI=1S/C13H7N5.C5H10.C3H7N.C2H6/c14-4-8-1-11-7-17-18(13(11)16-5-8)12-3-9-2-10(9)6-15-12;1-5-3-2-4-5;4-3-1-2-3;1-2/h1,3,5-7H,2H2;5H,2-4H2,1H3;3H,1-2,4H2;1-2H3. The van der Waals surface area contributed by atoms with Gasteiger partial charge in [-0.1, -0.05) is 40.0 Å². The molecule has 0 spiro atoms. The summed E-state index contributed by atoms with van der Waals surface area (Å²) in [4.78, 5) is 8.63. The van der Waals surface area contributed by atoms with E-state index in [1.54, 1.807) is 23.1 Å². The van der Waals surface area contributed by atoms with E-state index in [2.05, 4.69) is 28.1 Å². The molecule has 3 aromatic rings. The molecule has 3 aliphatic carbocycles. The molecule has 0 atom stereocenters. The monoisotopic (exact) mass is 390 g/mol. The lowest BCUT2D eigenvalue weighted by Crippen LogP contribution is -2.04. The number of pyridine rings is 2. The molecule has 0 bridgehead atoms. The minimum Gasteiger partial charge on any atom is -0.328 e. The first kappa shape index (κ1) is 20.9. The maximum absolute atomic E-state index is 8.83. The maximum atomic E-state index is 8.83. The van der Waals surface area contributed by atoms with Gasteiger partial charge in [0.1, 0.15) is 6.07 Å². The average molecular weight is 391 g/mol. The predicted molar refractivity (Wildman–Crippen MR) is 116 cm³/mol. The Morgan fingerprint density at radius 1 is 1.03 bits per heavy atom. The highest BCUT2D eigenvalue weighted by Gasteiger charge is 2.19. The van der Waals surface area contributed by atoms with Gasteiger partial charge in [0, 0.05) is 23.8 Å². The fraction of sp³-hybridized carbons (Fsp3) is 0.478. The first-order valence-corrected chi connectivity index (χ1v) is 10.6. The number of nitrogens with zero attached hydrogens (tertiary/aromatic N) is 5. The van der Waals surface area contributed by atoms with Crippen LogP contribution in [0.2, 0.25) is 0 Å². The Kier molecular flexibility index (Phi) is 6.95. The van der Waals surface area contributed by atoms with E-state index in [4.69, 9.17) is 11.0 Å². The molecule has 3 heterocycles. The largest absolute Gasteiger partial charge is 0.328 e. The molecule has 3 aliphatic rings. The van der Waals surface area contributed by atoms with E-state index in [1.165, 1.54) is 43.2 Å². The first-order valence-electron chi connectivity index (χ1n) is 10.6. The molecule has 2 saturated carbocycles. The van der Waals surface area contributed by atoms with Crippen LogP contribution in [-0.2, 0) is 6.42 Å². The van der Waals surface area contributed by atoms with E-state index in [-0.39, 0.29) is 0 Å². The predicted octanol–water partition coefficient (Wildman–Crippen LogP) is 4.53. The quantitative estimate of drug-likeness (QED) is 0.515. The van der Waals surface area contributed by atoms with Crippen LogP contribution in [0.25, 0.3) is 16.9 Å². The van der Waals surface area contributed by atoms with Crippen molar-refractivity contribution in [1.82, 2.24) is 19.7 Å². The third-order valence-corrected chi connectivity index (χ3v) is 5.09. The highest BCUT2D eigenvalue weighted by Crippen LogP contribution is 2.28. The van der Waals surface area contributed by atoms with Crippen LogP contribution in [0.15, 0.2) is 30.7 Å². The summed E-state index contributed by atoms with van der Waals surface area (Å²) in [6.07, 6.45) is 13.1. The van der Waals surface area contributed by atoms with Crippen LogP contribution >= 0.6 is 0 Å². The maximum Gasteiger partial charge on any atom is 0.164 e. The second kappa shape index (κ2) is 9.62. The topological polar surface area (TPSA) is 93.4 Å². The number of hydrogen-bond donors (Lipinski definition) is 1. The van der Waals surface area contributed by atoms with Gasteiger partial charge in [0.25, 0.3) is 0 Å². The van der Waals surface area contributed by atoms with E-state index in [9.17, 15) is 0 Å². The van der Waals surface area contributed by atoms with Crippen molar-refractivity contribution in [2.45, 2.75) is 65.3 Å². The number of aromatic nitrogens is 4. The van der Waals surface area contributed by atoms with Gasteiger partial charge in [0.2, 0.25) is 0 Å². The van der Waals surface area contributed by atoms with E-state index in [0.29, 0.717) is 11.6 Å². The number of rotatable bonds is 1. The van der Waals surface area contributed by atoms with Crippen molar-refractivity contribution in [3.8, 4) is 11.9 Å². The lowest BCUT2D eigenvalue weighted by molar-refractivity contribution is 0.346. The Hall–Kier alpha value is -2.78. The molecule has 0 aliphatic heterocycles. The lowest BCUT2D eigenvalue weighted by Gasteiger charge is -2.18. The molecule has 2 fully saturated rings. The van der Waals surface area contributed by atoms with Crippen LogP contribution in [0.5, 0.6) is 0 Å². The second-order valence-electron chi connectivity index (χ2n) is 7.67. The Labute approximate surface area is 172 Å². The molecule has 0 aromatic carbocycles. The lowest BCUT2D eigenvalue weighted by atomic mass is 9.88. The summed E-state index contributed by atoms with van der Waals surface area (Å²) in [6, 6.07) is 6.46. The van der Waals surface area contributed by atoms with Crippen molar-refractivity contribution in [2.75, 3.05) is 0 Å². The molecule has 3 aromatic heterocycles. The van der Waals surface area contributed by atoms with Crippen molar-refractivity contribution < 1.29 is 0 Å². The number of hydrogen-bond acceptors (Lipinski definition) is 5. The second-order valence-corrected chi connectivity index (χ2v) is 7.67. The Balaban J connectivity index is 0.000000179. The highest BCUT2D eigenvalue weighted by molar-refractivity contribution is 5.77. The number of nitriles is 1. The van der Waals surface area contributed by atoms with Gasteiger partial charge >= 0.3 is 0 Å². The Bertz CT molecular complexity index is 992. The summed E-state index contributed by atoms with van der Waals surface area (Å²) in [7, 11) is 0. The summed E-state index contributed by atoms with van der Waals surface area (Å²) in [5, 5.41) is 14.0. The highest BCUT2D eigenvalue weighted by atomic mass is 15.3. The van der Waals surface area contributed by atoms with E-state index in [1.807, 2.05) is 26.1 Å². The SMILES string of the molecule is CC.CC1CCC1.N#Cc1cnc2c(cnn2-c2cc3c(cn2)C3)c1.NC1CC1. The van der Waals surface area contributed by atoms with Gasteiger partial charge in [-0.2, -0.15) is 15.0 Å². The minimum absolute atomic E-state index is 0.537. The van der Waals surface area contributed by atoms with Gasteiger partial charge in [-0.05, 0) is 48.4 Å². The zero-order valence-electron chi connectivity index (χ0n) is 17.6. The van der Waals surface area contributed by atoms with Gasteiger partial charge in [-0.15, -0.1) is 0 Å². The van der Waals surface area contributed by atoms with Crippen molar-refractivity contribution >= 4 is 11.0 Å². The van der Waals surface area contributed by atoms with Gasteiger partial charge in [0.15, 0.2) is 11.5 Å². The van der Waals surface area contributed by atoms with Crippen molar-refractivity contribution in [1.29, 1.82) is 5.26 Å². The van der Waals surface area contributed by atoms with Crippen molar-refractivity contribution in [2.24, 2.45) is 11.7 Å². The third-order valence-electron chi connectivity index (χ3n) is 5.09. The van der Waals surface area contributed by atoms with Crippen LogP contribution in [0.4, 0.5) is 0 Å². The molecule has 6 rings (SSSR count). The fourth-order valence-corrected chi connectivity index (χ4v) is 2.74. The summed E-state index contributed by atoms with van der Waals surface area (Å²) in [6.45, 7) is 6.31. The van der Waals surface area contributed by atoms with Crippen LogP contribution in [0.3, 0.4) is 0 Å². The van der Waals surface area contributed by atoms with Gasteiger partial charge < -0.3 is 5.73 Å². The molecule has 0 amide bonds. The van der Waals surface area contributed by atoms with Crippen LogP contribution in [-0.4, -0.2) is 25.8 Å². The molecule has 6 heteroatoms. The minimum atomic E-state index is 0.537. The molecule has 29 heavy (non-hydrogen) atoms. The van der Waals surface area contributed by atoms with E-state index in [0.717, 1.165) is 29.2 Å². The van der Waals surface area contributed by atoms with Crippen LogP contribution in [0, 0.1) is 17.2 Å². The Morgan fingerprint density at radius 2 is 1.72 bits per heavy atom. The number of fused-ring (bicyclic) bond motifs is 2. The molecule has 0 radical (unpaired) electrons. The summed E-state index contributed by atoms with van der Waals surface area (Å²) in [5.74, 6) is 1.84. The summed E-state index contributed by atoms with van der Waals surface area (Å²) < 4.78 is 1.70. The van der Waals surface area contributed by atoms with Gasteiger partial charge in [-0.25, -0.2) is 9.97 Å². The van der Waals surface area contributed by atoms with Crippen molar-refractivity contribution in [3.63, 3.8) is 0 Å². The fourth-order valence-electron chi connectivity index (χ4n) is 2.74. The van der Waals surface area contributed by atoms with E-state index < -0.39 is 0 Å². The zero-order valence-corrected chi connectivity index (χ0v) is 17.6. The van der Waals surface area contributed by atoms with Crippen LogP contribution in [0.1, 0.15) is 69.6 Å². The van der Waals surface area contributed by atoms with E-state index >= 15 is 0 Å². The third kappa shape index (κ3) is 5.61. The zero-order chi connectivity index (χ0) is 20.8. The number of nitrogens with two attached hydrogens (primary N) is 1. The van der Waals surface area contributed by atoms with Crippen LogP contribution < -0.4 is 5.73 Å². The molecule has 2 N–H and O–H groups in total.